The zero-order valence-electron chi connectivity index (χ0n) is 8.96. The molecule has 0 spiro atoms. The highest BCUT2D eigenvalue weighted by atomic mass is 16.2. The SMILES string of the molecule is CC(CN)CC(=O)N1CCCNCC1. The van der Waals surface area contributed by atoms with Crippen molar-refractivity contribution in [2.24, 2.45) is 11.7 Å². The van der Waals surface area contributed by atoms with E-state index in [1.54, 1.807) is 0 Å². The summed E-state index contributed by atoms with van der Waals surface area (Å²) in [5.74, 6) is 0.561. The molecule has 82 valence electrons. The van der Waals surface area contributed by atoms with E-state index < -0.39 is 0 Å². The van der Waals surface area contributed by atoms with Crippen LogP contribution < -0.4 is 11.1 Å². The van der Waals surface area contributed by atoms with Crippen molar-refractivity contribution in [2.75, 3.05) is 32.7 Å². The van der Waals surface area contributed by atoms with Crippen LogP contribution in [0.15, 0.2) is 0 Å². The van der Waals surface area contributed by atoms with Gasteiger partial charge >= 0.3 is 0 Å². The molecule has 0 saturated carbocycles. The number of carbonyl (C=O) groups is 1. The molecule has 0 aliphatic carbocycles. The van der Waals surface area contributed by atoms with E-state index in [2.05, 4.69) is 5.32 Å². The van der Waals surface area contributed by atoms with Crippen molar-refractivity contribution in [1.82, 2.24) is 10.2 Å². The van der Waals surface area contributed by atoms with Gasteiger partial charge in [0, 0.05) is 26.1 Å². The molecule has 0 aromatic heterocycles. The summed E-state index contributed by atoms with van der Waals surface area (Å²) in [5.41, 5.74) is 5.50. The first-order chi connectivity index (χ1) is 6.74. The second-order valence-corrected chi connectivity index (χ2v) is 4.03. The molecule has 0 radical (unpaired) electrons. The van der Waals surface area contributed by atoms with Crippen LogP contribution in [0.4, 0.5) is 0 Å². The molecular formula is C10H21N3O. The van der Waals surface area contributed by atoms with E-state index in [-0.39, 0.29) is 5.91 Å². The second-order valence-electron chi connectivity index (χ2n) is 4.03. The van der Waals surface area contributed by atoms with Crippen LogP contribution in [-0.2, 0) is 4.79 Å². The van der Waals surface area contributed by atoms with Crippen molar-refractivity contribution < 1.29 is 4.79 Å². The van der Waals surface area contributed by atoms with Gasteiger partial charge in [0.1, 0.15) is 0 Å². The number of rotatable bonds is 3. The van der Waals surface area contributed by atoms with Crippen molar-refractivity contribution >= 4 is 5.91 Å². The number of nitrogens with one attached hydrogen (secondary N) is 1. The van der Waals surface area contributed by atoms with Gasteiger partial charge in [0.15, 0.2) is 0 Å². The van der Waals surface area contributed by atoms with Crippen LogP contribution in [0.5, 0.6) is 0 Å². The molecule has 14 heavy (non-hydrogen) atoms. The number of carbonyl (C=O) groups excluding carboxylic acids is 1. The van der Waals surface area contributed by atoms with Crippen LogP contribution in [0.3, 0.4) is 0 Å². The van der Waals surface area contributed by atoms with Crippen molar-refractivity contribution in [3.8, 4) is 0 Å². The standard InChI is InChI=1S/C10H21N3O/c1-9(8-11)7-10(14)13-5-2-3-12-4-6-13/h9,12H,2-8,11H2,1H3. The quantitative estimate of drug-likeness (QED) is 0.661. The first kappa shape index (κ1) is 11.5. The molecule has 0 aromatic carbocycles. The van der Waals surface area contributed by atoms with Crippen LogP contribution in [0, 0.1) is 5.92 Å². The van der Waals surface area contributed by atoms with Crippen LogP contribution in [0.1, 0.15) is 19.8 Å². The molecule has 0 bridgehead atoms. The molecule has 1 saturated heterocycles. The van der Waals surface area contributed by atoms with Gasteiger partial charge in [0.05, 0.1) is 0 Å². The van der Waals surface area contributed by atoms with Gasteiger partial charge in [0.25, 0.3) is 0 Å². The maximum absolute atomic E-state index is 11.8. The monoisotopic (exact) mass is 199 g/mol. The van der Waals surface area contributed by atoms with Crippen LogP contribution >= 0.6 is 0 Å². The van der Waals surface area contributed by atoms with Crippen LogP contribution in [-0.4, -0.2) is 43.5 Å². The normalized spacial score (nSPS) is 20.3. The lowest BCUT2D eigenvalue weighted by Gasteiger charge is -2.21. The Hall–Kier alpha value is -0.610. The number of amides is 1. The summed E-state index contributed by atoms with van der Waals surface area (Å²) in [6, 6.07) is 0. The molecule has 4 nitrogen and oxygen atoms in total. The highest BCUT2D eigenvalue weighted by Crippen LogP contribution is 2.05. The van der Waals surface area contributed by atoms with E-state index in [4.69, 9.17) is 5.73 Å². The summed E-state index contributed by atoms with van der Waals surface area (Å²) in [4.78, 5) is 13.7. The number of nitrogens with zero attached hydrogens (tertiary/aromatic N) is 1. The van der Waals surface area contributed by atoms with Crippen LogP contribution in [0.2, 0.25) is 0 Å². The first-order valence-electron chi connectivity index (χ1n) is 5.42. The fraction of sp³-hybridized carbons (Fsp3) is 0.900. The third-order valence-electron chi connectivity index (χ3n) is 2.62. The topological polar surface area (TPSA) is 58.4 Å². The Kier molecular flexibility index (Phi) is 4.90. The minimum atomic E-state index is 0.256. The van der Waals surface area contributed by atoms with E-state index in [0.29, 0.717) is 18.9 Å². The highest BCUT2D eigenvalue weighted by Gasteiger charge is 2.16. The summed E-state index contributed by atoms with van der Waals surface area (Å²) < 4.78 is 0. The summed E-state index contributed by atoms with van der Waals surface area (Å²) in [5, 5.41) is 3.28. The summed E-state index contributed by atoms with van der Waals surface area (Å²) in [7, 11) is 0. The predicted octanol–water partition coefficient (Wildman–Crippen LogP) is -0.207. The van der Waals surface area contributed by atoms with Crippen LogP contribution in [0.25, 0.3) is 0 Å². The van der Waals surface area contributed by atoms with E-state index in [0.717, 1.165) is 32.6 Å². The molecule has 1 unspecified atom stereocenters. The molecule has 3 N–H and O–H groups in total. The largest absolute Gasteiger partial charge is 0.341 e. The fourth-order valence-corrected chi connectivity index (χ4v) is 1.61. The Bertz CT molecular complexity index is 176. The van der Waals surface area contributed by atoms with Crippen molar-refractivity contribution in [1.29, 1.82) is 0 Å². The highest BCUT2D eigenvalue weighted by molar-refractivity contribution is 5.76. The zero-order valence-corrected chi connectivity index (χ0v) is 8.96. The van der Waals surface area contributed by atoms with Gasteiger partial charge in [-0.2, -0.15) is 0 Å². The Morgan fingerprint density at radius 1 is 1.50 bits per heavy atom. The maximum atomic E-state index is 11.8. The molecule has 1 heterocycles. The summed E-state index contributed by atoms with van der Waals surface area (Å²) in [6.45, 7) is 6.30. The van der Waals surface area contributed by atoms with E-state index in [9.17, 15) is 4.79 Å². The van der Waals surface area contributed by atoms with Gasteiger partial charge in [-0.3, -0.25) is 4.79 Å². The Balaban J connectivity index is 2.34. The van der Waals surface area contributed by atoms with E-state index >= 15 is 0 Å². The van der Waals surface area contributed by atoms with Gasteiger partial charge in [-0.25, -0.2) is 0 Å². The maximum Gasteiger partial charge on any atom is 0.222 e. The smallest absolute Gasteiger partial charge is 0.222 e. The number of hydrogen-bond acceptors (Lipinski definition) is 3. The zero-order chi connectivity index (χ0) is 10.4. The van der Waals surface area contributed by atoms with Gasteiger partial charge in [-0.1, -0.05) is 6.92 Å². The first-order valence-corrected chi connectivity index (χ1v) is 5.42. The van der Waals surface area contributed by atoms with Crippen molar-refractivity contribution in [3.63, 3.8) is 0 Å². The fourth-order valence-electron chi connectivity index (χ4n) is 1.61. The van der Waals surface area contributed by atoms with Crippen molar-refractivity contribution in [2.45, 2.75) is 19.8 Å². The molecule has 1 amide bonds. The predicted molar refractivity (Wildman–Crippen MR) is 56.9 cm³/mol. The summed E-state index contributed by atoms with van der Waals surface area (Å²) >= 11 is 0. The van der Waals surface area contributed by atoms with Gasteiger partial charge in [0.2, 0.25) is 5.91 Å². The number of nitrogens with two attached hydrogens (primary N) is 1. The average molecular weight is 199 g/mol. The lowest BCUT2D eigenvalue weighted by molar-refractivity contribution is -0.131. The molecule has 1 aliphatic rings. The lowest BCUT2D eigenvalue weighted by Crippen LogP contribution is -2.35. The summed E-state index contributed by atoms with van der Waals surface area (Å²) in [6.07, 6.45) is 1.65. The van der Waals surface area contributed by atoms with Gasteiger partial charge < -0.3 is 16.0 Å². The van der Waals surface area contributed by atoms with Gasteiger partial charge in [-0.15, -0.1) is 0 Å². The molecular weight excluding hydrogens is 178 g/mol. The second kappa shape index (κ2) is 5.98. The van der Waals surface area contributed by atoms with Gasteiger partial charge in [-0.05, 0) is 25.4 Å². The Labute approximate surface area is 85.8 Å². The average Bonchev–Trinajstić information content (AvgIpc) is 2.45. The third kappa shape index (κ3) is 3.64. The molecule has 1 aliphatic heterocycles. The minimum Gasteiger partial charge on any atom is -0.341 e. The Morgan fingerprint density at radius 2 is 2.29 bits per heavy atom. The molecule has 1 rings (SSSR count). The molecule has 1 atom stereocenters. The molecule has 1 fully saturated rings. The van der Waals surface area contributed by atoms with Crippen molar-refractivity contribution in [3.05, 3.63) is 0 Å². The number of hydrogen-bond donors (Lipinski definition) is 2. The minimum absolute atomic E-state index is 0.256. The lowest BCUT2D eigenvalue weighted by atomic mass is 10.1. The Morgan fingerprint density at radius 3 is 3.00 bits per heavy atom. The van der Waals surface area contributed by atoms with E-state index in [1.807, 2.05) is 11.8 Å². The van der Waals surface area contributed by atoms with E-state index in [1.165, 1.54) is 0 Å². The molecule has 0 aromatic rings. The third-order valence-corrected chi connectivity index (χ3v) is 2.62. The molecule has 4 heteroatoms.